The van der Waals surface area contributed by atoms with Gasteiger partial charge in [0, 0.05) is 28.7 Å². The second kappa shape index (κ2) is 15.3. The molecule has 0 unspecified atom stereocenters. The van der Waals surface area contributed by atoms with Gasteiger partial charge in [0.1, 0.15) is 12.6 Å². The van der Waals surface area contributed by atoms with Gasteiger partial charge >= 0.3 is 6.18 Å². The Hall–Kier alpha value is -2.99. The molecule has 0 aromatic heterocycles. The number of anilines is 1. The predicted molar refractivity (Wildman–Crippen MR) is 166 cm³/mol. The molecule has 3 aromatic carbocycles. The molecule has 1 N–H and O–H groups in total. The largest absolute Gasteiger partial charge is 0.417 e. The summed E-state index contributed by atoms with van der Waals surface area (Å²) in [4.78, 5) is 28.3. The van der Waals surface area contributed by atoms with E-state index in [1.807, 2.05) is 6.92 Å². The number of hydrogen-bond donors (Lipinski definition) is 1. The Kier molecular flexibility index (Phi) is 12.4. The molecule has 3 aromatic rings. The maximum Gasteiger partial charge on any atom is 0.417 e. The van der Waals surface area contributed by atoms with E-state index in [9.17, 15) is 31.2 Å². The van der Waals surface area contributed by atoms with E-state index in [1.54, 1.807) is 31.2 Å². The maximum atomic E-state index is 14.1. The molecule has 7 nitrogen and oxygen atoms in total. The first-order valence-corrected chi connectivity index (χ1v) is 16.2. The van der Waals surface area contributed by atoms with Crippen molar-refractivity contribution in [1.82, 2.24) is 10.2 Å². The van der Waals surface area contributed by atoms with Gasteiger partial charge in [-0.3, -0.25) is 13.9 Å². The van der Waals surface area contributed by atoms with E-state index in [1.165, 1.54) is 24.3 Å². The number of halogens is 6. The molecule has 0 saturated heterocycles. The summed E-state index contributed by atoms with van der Waals surface area (Å²) in [6.45, 7) is 2.75. The molecule has 0 spiro atoms. The molecule has 0 aliphatic heterocycles. The van der Waals surface area contributed by atoms with E-state index in [-0.39, 0.29) is 27.9 Å². The Labute approximate surface area is 269 Å². The summed E-state index contributed by atoms with van der Waals surface area (Å²) in [7, 11) is -4.59. The number of nitrogens with one attached hydrogen (secondary N) is 1. The van der Waals surface area contributed by atoms with Crippen LogP contribution in [0.2, 0.25) is 15.1 Å². The fourth-order valence-electron chi connectivity index (χ4n) is 4.41. The summed E-state index contributed by atoms with van der Waals surface area (Å²) >= 11 is 18.6. The van der Waals surface area contributed by atoms with Crippen molar-refractivity contribution in [3.63, 3.8) is 0 Å². The van der Waals surface area contributed by atoms with Crippen LogP contribution in [0.4, 0.5) is 18.9 Å². The molecule has 0 saturated carbocycles. The number of unbranched alkanes of at least 4 members (excludes halogenated alkanes) is 1. The van der Waals surface area contributed by atoms with Crippen molar-refractivity contribution in [2.24, 2.45) is 0 Å². The SMILES string of the molecule is CCCCNC(=O)[C@H](CC)N(Cc1c(Cl)cccc1Cl)C(=O)CN(c1ccc(Cl)c(C(F)(F)F)c1)S(=O)(=O)c1ccccc1. The Balaban J connectivity index is 2.15. The molecule has 0 aliphatic carbocycles. The first-order chi connectivity index (χ1) is 20.7. The first-order valence-electron chi connectivity index (χ1n) is 13.7. The summed E-state index contributed by atoms with van der Waals surface area (Å²) in [6.07, 6.45) is -3.28. The average Bonchev–Trinajstić information content (AvgIpc) is 2.97. The summed E-state index contributed by atoms with van der Waals surface area (Å²) < 4.78 is 69.7. The fourth-order valence-corrected chi connectivity index (χ4v) is 6.58. The van der Waals surface area contributed by atoms with Gasteiger partial charge in [-0.25, -0.2) is 8.42 Å². The monoisotopic (exact) mass is 691 g/mol. The number of rotatable bonds is 13. The zero-order valence-corrected chi connectivity index (χ0v) is 27.0. The number of hydrogen-bond acceptors (Lipinski definition) is 4. The van der Waals surface area contributed by atoms with Crippen molar-refractivity contribution in [2.45, 2.75) is 56.8 Å². The van der Waals surface area contributed by atoms with Crippen LogP contribution >= 0.6 is 34.8 Å². The van der Waals surface area contributed by atoms with Gasteiger partial charge in [0.2, 0.25) is 11.8 Å². The van der Waals surface area contributed by atoms with Gasteiger partial charge in [0.05, 0.1) is 21.2 Å². The van der Waals surface area contributed by atoms with Crippen LogP contribution in [0.15, 0.2) is 71.6 Å². The van der Waals surface area contributed by atoms with Crippen molar-refractivity contribution in [3.8, 4) is 0 Å². The van der Waals surface area contributed by atoms with Crippen molar-refractivity contribution < 1.29 is 31.2 Å². The molecule has 14 heteroatoms. The van der Waals surface area contributed by atoms with Gasteiger partial charge in [-0.1, -0.05) is 79.3 Å². The van der Waals surface area contributed by atoms with Crippen LogP contribution in [0.1, 0.15) is 44.2 Å². The number of benzene rings is 3. The molecular formula is C30H31Cl3F3N3O4S. The fraction of sp³-hybridized carbons (Fsp3) is 0.333. The highest BCUT2D eigenvalue weighted by Crippen LogP contribution is 2.38. The van der Waals surface area contributed by atoms with Crippen LogP contribution in [-0.2, 0) is 32.3 Å². The molecule has 238 valence electrons. The molecule has 0 bridgehead atoms. The number of amides is 2. The quantitative estimate of drug-likeness (QED) is 0.187. The van der Waals surface area contributed by atoms with Crippen molar-refractivity contribution in [1.29, 1.82) is 0 Å². The van der Waals surface area contributed by atoms with Crippen LogP contribution in [0.5, 0.6) is 0 Å². The predicted octanol–water partition coefficient (Wildman–Crippen LogP) is 7.58. The number of alkyl halides is 3. The van der Waals surface area contributed by atoms with E-state index >= 15 is 0 Å². The third-order valence-electron chi connectivity index (χ3n) is 6.76. The Morgan fingerprint density at radius 2 is 1.55 bits per heavy atom. The van der Waals surface area contributed by atoms with Gasteiger partial charge in [-0.2, -0.15) is 13.2 Å². The lowest BCUT2D eigenvalue weighted by Gasteiger charge is -2.33. The van der Waals surface area contributed by atoms with Gasteiger partial charge in [-0.05, 0) is 55.3 Å². The molecular weight excluding hydrogens is 662 g/mol. The molecule has 1 atom stereocenters. The third kappa shape index (κ3) is 8.59. The smallest absolute Gasteiger partial charge is 0.354 e. The van der Waals surface area contributed by atoms with E-state index in [4.69, 9.17) is 34.8 Å². The molecule has 0 fully saturated rings. The van der Waals surface area contributed by atoms with E-state index in [0.29, 0.717) is 28.9 Å². The average molecular weight is 693 g/mol. The molecule has 44 heavy (non-hydrogen) atoms. The molecule has 0 aliphatic rings. The summed E-state index contributed by atoms with van der Waals surface area (Å²) in [5.41, 5.74) is -1.42. The Bertz CT molecular complexity index is 1550. The second-order valence-electron chi connectivity index (χ2n) is 9.78. The second-order valence-corrected chi connectivity index (χ2v) is 12.9. The van der Waals surface area contributed by atoms with E-state index in [2.05, 4.69) is 5.32 Å². The van der Waals surface area contributed by atoms with Gasteiger partial charge in [0.15, 0.2) is 0 Å². The maximum absolute atomic E-state index is 14.1. The number of carbonyl (C=O) groups is 2. The minimum absolute atomic E-state index is 0.135. The number of nitrogens with zero attached hydrogens (tertiary/aromatic N) is 2. The highest BCUT2D eigenvalue weighted by Gasteiger charge is 2.37. The molecule has 0 heterocycles. The number of sulfonamides is 1. The minimum Gasteiger partial charge on any atom is -0.354 e. The molecule has 2 amide bonds. The normalized spacial score (nSPS) is 12.5. The molecule has 3 rings (SSSR count). The summed E-state index contributed by atoms with van der Waals surface area (Å²) in [5.74, 6) is -1.36. The molecule has 0 radical (unpaired) electrons. The highest BCUT2D eigenvalue weighted by molar-refractivity contribution is 7.92. The lowest BCUT2D eigenvalue weighted by Crippen LogP contribution is -2.52. The van der Waals surface area contributed by atoms with Crippen LogP contribution in [0.25, 0.3) is 0 Å². The summed E-state index contributed by atoms with van der Waals surface area (Å²) in [6, 6.07) is 13.1. The third-order valence-corrected chi connectivity index (χ3v) is 9.58. The van der Waals surface area contributed by atoms with Gasteiger partial charge in [0.25, 0.3) is 10.0 Å². The Morgan fingerprint density at radius 1 is 0.909 bits per heavy atom. The number of carbonyl (C=O) groups excluding carboxylic acids is 2. The van der Waals surface area contributed by atoms with Crippen molar-refractivity contribution in [2.75, 3.05) is 17.4 Å². The van der Waals surface area contributed by atoms with Crippen LogP contribution in [-0.4, -0.2) is 44.3 Å². The van der Waals surface area contributed by atoms with Crippen LogP contribution < -0.4 is 9.62 Å². The highest BCUT2D eigenvalue weighted by atomic mass is 35.5. The van der Waals surface area contributed by atoms with Gasteiger partial charge < -0.3 is 10.2 Å². The summed E-state index contributed by atoms with van der Waals surface area (Å²) in [5, 5.41) is 2.55. The van der Waals surface area contributed by atoms with Crippen molar-refractivity contribution >= 4 is 62.3 Å². The lowest BCUT2D eigenvalue weighted by atomic mass is 10.1. The first kappa shape index (κ1) is 35.5. The standard InChI is InChI=1S/C30H31Cl3F3N3O4S/c1-3-5-16-37-29(41)27(4-2)38(18-22-24(31)12-9-13-25(22)32)28(40)19-39(44(42,43)21-10-7-6-8-11-21)20-14-15-26(33)23(17-20)30(34,35)36/h6-15,17,27H,3-5,16,18-19H2,1-2H3,(H,37,41)/t27-/m0/s1. The zero-order valence-electron chi connectivity index (χ0n) is 23.9. The van der Waals surface area contributed by atoms with E-state index in [0.717, 1.165) is 23.5 Å². The van der Waals surface area contributed by atoms with Gasteiger partial charge in [-0.15, -0.1) is 0 Å². The van der Waals surface area contributed by atoms with E-state index < -0.39 is 56.9 Å². The topological polar surface area (TPSA) is 86.8 Å². The lowest BCUT2D eigenvalue weighted by molar-refractivity contribution is -0.140. The Morgan fingerprint density at radius 3 is 2.11 bits per heavy atom. The van der Waals surface area contributed by atoms with Crippen LogP contribution in [0.3, 0.4) is 0 Å². The minimum atomic E-state index is -4.91. The van der Waals surface area contributed by atoms with Crippen LogP contribution in [0, 0.1) is 0 Å². The zero-order chi connectivity index (χ0) is 32.7. The van der Waals surface area contributed by atoms with Crippen molar-refractivity contribution in [3.05, 3.63) is 92.9 Å².